The zero-order chi connectivity index (χ0) is 33.2. The van der Waals surface area contributed by atoms with Gasteiger partial charge in [-0.25, -0.2) is 9.98 Å². The topological polar surface area (TPSA) is 132 Å². The summed E-state index contributed by atoms with van der Waals surface area (Å²) in [6, 6.07) is 16.3. The van der Waals surface area contributed by atoms with Gasteiger partial charge in [0.25, 0.3) is 0 Å². The van der Waals surface area contributed by atoms with Crippen LogP contribution in [-0.2, 0) is 4.79 Å². The van der Waals surface area contributed by atoms with Crippen LogP contribution in [0.15, 0.2) is 81.8 Å². The first kappa shape index (κ1) is 34.5. The van der Waals surface area contributed by atoms with Crippen molar-refractivity contribution in [3.63, 3.8) is 0 Å². The van der Waals surface area contributed by atoms with Crippen LogP contribution in [0.2, 0.25) is 0 Å². The summed E-state index contributed by atoms with van der Waals surface area (Å²) in [6.45, 7) is 1.84. The molecule has 3 rings (SSSR count). The van der Waals surface area contributed by atoms with E-state index in [9.17, 15) is 26.7 Å². The fourth-order valence-corrected chi connectivity index (χ4v) is 3.88. The molecule has 3 aromatic rings. The lowest BCUT2D eigenvalue weighted by Crippen LogP contribution is -2.41. The van der Waals surface area contributed by atoms with Crippen LogP contribution < -0.4 is 19.8 Å². The molecule has 0 fully saturated rings. The van der Waals surface area contributed by atoms with Gasteiger partial charge in [-0.3, -0.25) is 15.6 Å². The first-order chi connectivity index (χ1) is 21.2. The molecule has 16 heteroatoms. The zero-order valence-electron chi connectivity index (χ0n) is 24.0. The van der Waals surface area contributed by atoms with Gasteiger partial charge >= 0.3 is 18.3 Å². The summed E-state index contributed by atoms with van der Waals surface area (Å²) >= 11 is 0.963. The lowest BCUT2D eigenvalue weighted by Gasteiger charge is -2.20. The van der Waals surface area contributed by atoms with Gasteiger partial charge in [0.05, 0.1) is 31.1 Å². The number of hydrogen-bond acceptors (Lipinski definition) is 7. The predicted octanol–water partition coefficient (Wildman–Crippen LogP) is 6.46. The average molecular weight is 651 g/mol. The minimum Gasteiger partial charge on any atom is -0.497 e. The lowest BCUT2D eigenvalue weighted by atomic mass is 10.1. The lowest BCUT2D eigenvalue weighted by molar-refractivity contribution is -0.360. The van der Waals surface area contributed by atoms with Crippen molar-refractivity contribution in [2.24, 2.45) is 15.1 Å². The van der Waals surface area contributed by atoms with E-state index in [1.165, 1.54) is 29.6 Å². The second kappa shape index (κ2) is 15.1. The molecule has 0 unspecified atom stereocenters. The Morgan fingerprint density at radius 3 is 2.27 bits per heavy atom. The highest BCUT2D eigenvalue weighted by Crippen LogP contribution is 2.37. The molecule has 0 atom stereocenters. The minimum absolute atomic E-state index is 0.109. The third-order valence-electron chi connectivity index (χ3n) is 5.70. The van der Waals surface area contributed by atoms with Crippen molar-refractivity contribution in [1.82, 2.24) is 5.43 Å². The second-order valence-electron chi connectivity index (χ2n) is 9.06. The van der Waals surface area contributed by atoms with Crippen LogP contribution in [0.4, 0.5) is 33.3 Å². The highest BCUT2D eigenvalue weighted by Gasteiger charge is 2.61. The number of amidine groups is 2. The number of benzene rings is 3. The molecule has 0 saturated carbocycles. The summed E-state index contributed by atoms with van der Waals surface area (Å²) in [4.78, 5) is 21.0. The van der Waals surface area contributed by atoms with Crippen molar-refractivity contribution < 1.29 is 41.3 Å². The first-order valence-corrected chi connectivity index (χ1v) is 13.7. The number of carbonyl (C=O) groups is 1. The number of nitrogens with zero attached hydrogens (tertiary/aromatic N) is 4. The van der Waals surface area contributed by atoms with Gasteiger partial charge in [-0.05, 0) is 60.5 Å². The number of carboxylic acid groups (broad SMARTS) is 1. The van der Waals surface area contributed by atoms with Crippen LogP contribution in [0, 0.1) is 12.3 Å². The summed E-state index contributed by atoms with van der Waals surface area (Å²) < 4.78 is 72.1. The Morgan fingerprint density at radius 2 is 1.69 bits per heavy atom. The molecule has 45 heavy (non-hydrogen) atoms. The molecular weight excluding hydrogens is 623 g/mol. The van der Waals surface area contributed by atoms with Crippen LogP contribution in [0.5, 0.6) is 11.5 Å². The molecular formula is C29H27F5N6O4S. The Hall–Kier alpha value is -4.99. The van der Waals surface area contributed by atoms with Crippen molar-refractivity contribution in [3.8, 4) is 11.5 Å². The van der Waals surface area contributed by atoms with Crippen LogP contribution in [0.1, 0.15) is 16.7 Å². The minimum atomic E-state index is -5.85. The number of methoxy groups -OCH3 is 1. The van der Waals surface area contributed by atoms with Gasteiger partial charge in [-0.15, -0.1) is 0 Å². The Balaban J connectivity index is 1.61. The highest BCUT2D eigenvalue weighted by molar-refractivity contribution is 8.14. The molecule has 0 aliphatic carbocycles. The number of hydrogen-bond donors (Lipinski definition) is 3. The van der Waals surface area contributed by atoms with Gasteiger partial charge in [0.1, 0.15) is 11.5 Å². The molecule has 0 radical (unpaired) electrons. The second-order valence-corrected chi connectivity index (χ2v) is 10.0. The van der Waals surface area contributed by atoms with Crippen molar-refractivity contribution in [3.05, 3.63) is 83.4 Å². The van der Waals surface area contributed by atoms with Crippen molar-refractivity contribution in [1.29, 1.82) is 5.41 Å². The van der Waals surface area contributed by atoms with E-state index in [0.29, 0.717) is 28.3 Å². The summed E-state index contributed by atoms with van der Waals surface area (Å²) in [5, 5.41) is 21.7. The Kier molecular flexibility index (Phi) is 11.6. The monoisotopic (exact) mass is 650 g/mol. The van der Waals surface area contributed by atoms with E-state index in [1.807, 2.05) is 6.92 Å². The van der Waals surface area contributed by atoms with Crippen LogP contribution in [0.25, 0.3) is 0 Å². The first-order valence-electron chi connectivity index (χ1n) is 12.7. The van der Waals surface area contributed by atoms with Gasteiger partial charge in [-0.2, -0.15) is 27.1 Å². The molecule has 0 amide bonds. The van der Waals surface area contributed by atoms with Crippen LogP contribution >= 0.6 is 11.8 Å². The number of ether oxygens (including phenoxy) is 2. The quantitative estimate of drug-likeness (QED) is 0.0940. The van der Waals surface area contributed by atoms with Gasteiger partial charge in [0, 0.05) is 18.3 Å². The largest absolute Gasteiger partial charge is 0.499 e. The maximum atomic E-state index is 13.1. The molecule has 238 valence electrons. The molecule has 0 aliphatic rings. The molecule has 0 heterocycles. The molecule has 3 aromatic carbocycles. The summed E-state index contributed by atoms with van der Waals surface area (Å²) in [5.41, 5.74) is 5.68. The zero-order valence-corrected chi connectivity index (χ0v) is 24.8. The number of hydrazone groups is 1. The van der Waals surface area contributed by atoms with E-state index < -0.39 is 24.0 Å². The smallest absolute Gasteiger partial charge is 0.497 e. The number of rotatable bonds is 11. The van der Waals surface area contributed by atoms with Crippen LogP contribution in [-0.4, -0.2) is 66.8 Å². The summed E-state index contributed by atoms with van der Waals surface area (Å²) in [7, 11) is 3.10. The number of aliphatic carboxylic acids is 1. The molecule has 0 bridgehead atoms. The SMILES string of the molecule is COc1ccc(N=C(N/N=C/c2ccc(C(=N)N=CN(C)c3ccc(OC(F)(F)C(F)(F)F)cc3)cc2)SCC(=O)O)c(C)c1. The highest BCUT2D eigenvalue weighted by atomic mass is 32.2. The standard InChI is InChI=1S/C29H27F5N6O4S/c1-18-14-23(43-3)12-13-24(18)38-27(45-16-25(41)42)39-37-15-19-4-6-20(7-5-19)26(35)36-17-40(2)21-8-10-22(11-9-21)44-29(33,34)28(30,31)32/h4-15,17,35H,16H2,1-3H3,(H,38,39)(H,41,42)/b35-26?,36-17?,37-15+. The Bertz CT molecular complexity index is 1580. The average Bonchev–Trinajstić information content (AvgIpc) is 2.99. The molecule has 10 nitrogen and oxygen atoms in total. The normalized spacial score (nSPS) is 12.4. The molecule has 0 spiro atoms. The van der Waals surface area contributed by atoms with E-state index >= 15 is 0 Å². The number of aryl methyl sites for hydroxylation is 1. The van der Waals surface area contributed by atoms with E-state index in [-0.39, 0.29) is 16.8 Å². The third-order valence-corrected chi connectivity index (χ3v) is 6.54. The number of nitrogens with one attached hydrogen (secondary N) is 2. The fraction of sp³-hybridized carbons (Fsp3) is 0.207. The Labute approximate surface area is 258 Å². The Morgan fingerprint density at radius 1 is 1.04 bits per heavy atom. The number of carboxylic acids is 1. The summed E-state index contributed by atoms with van der Waals surface area (Å²) in [6.07, 6.45) is -8.41. The van der Waals surface area contributed by atoms with E-state index in [1.54, 1.807) is 56.6 Å². The van der Waals surface area contributed by atoms with Gasteiger partial charge < -0.3 is 19.5 Å². The van der Waals surface area contributed by atoms with E-state index in [2.05, 4.69) is 25.2 Å². The number of halogens is 5. The fourth-order valence-electron chi connectivity index (χ4n) is 3.34. The molecule has 0 saturated heterocycles. The third kappa shape index (κ3) is 10.3. The molecule has 3 N–H and O–H groups in total. The van der Waals surface area contributed by atoms with E-state index in [4.69, 9.17) is 15.3 Å². The van der Waals surface area contributed by atoms with Crippen molar-refractivity contribution in [2.75, 3.05) is 24.8 Å². The maximum Gasteiger partial charge on any atom is 0.499 e. The van der Waals surface area contributed by atoms with Crippen LogP contribution in [0.3, 0.4) is 0 Å². The number of alkyl halides is 5. The predicted molar refractivity (Wildman–Crippen MR) is 164 cm³/mol. The number of anilines is 1. The van der Waals surface area contributed by atoms with Gasteiger partial charge in [-0.1, -0.05) is 36.0 Å². The van der Waals surface area contributed by atoms with Gasteiger partial charge in [0.15, 0.2) is 11.0 Å². The van der Waals surface area contributed by atoms with Gasteiger partial charge in [0.2, 0.25) is 0 Å². The number of thioether (sulfide) groups is 1. The van der Waals surface area contributed by atoms with E-state index in [0.717, 1.165) is 29.5 Å². The summed E-state index contributed by atoms with van der Waals surface area (Å²) in [5.74, 6) is -1.37. The van der Waals surface area contributed by atoms with Crippen molar-refractivity contribution >= 4 is 52.7 Å². The maximum absolute atomic E-state index is 13.1. The van der Waals surface area contributed by atoms with Crippen molar-refractivity contribution in [2.45, 2.75) is 19.2 Å². The molecule has 0 aliphatic heterocycles. The number of aliphatic imine (C=N–C) groups is 2. The molecule has 0 aromatic heterocycles.